The minimum atomic E-state index is -0.241. The molecule has 0 aromatic heterocycles. The third-order valence-electron chi connectivity index (χ3n) is 4.62. The number of hydrogen-bond acceptors (Lipinski definition) is 3. The molecule has 2 atom stereocenters. The van der Waals surface area contributed by atoms with Gasteiger partial charge in [-0.1, -0.05) is 0 Å². The molecule has 5 heteroatoms. The van der Waals surface area contributed by atoms with E-state index in [9.17, 15) is 9.90 Å². The monoisotopic (exact) mass is 290 g/mol. The van der Waals surface area contributed by atoms with E-state index in [0.717, 1.165) is 51.9 Å². The van der Waals surface area contributed by atoms with E-state index < -0.39 is 0 Å². The van der Waals surface area contributed by atoms with Crippen molar-refractivity contribution in [2.24, 2.45) is 11.3 Å². The van der Waals surface area contributed by atoms with Crippen LogP contribution in [0, 0.1) is 11.3 Å². The lowest BCUT2D eigenvalue weighted by Crippen LogP contribution is -2.52. The van der Waals surface area contributed by atoms with Gasteiger partial charge in [0, 0.05) is 19.6 Å². The molecule has 2 saturated heterocycles. The maximum atomic E-state index is 12.6. The van der Waals surface area contributed by atoms with Crippen LogP contribution in [0.15, 0.2) is 0 Å². The molecule has 19 heavy (non-hydrogen) atoms. The smallest absolute Gasteiger partial charge is 0.229 e. The summed E-state index contributed by atoms with van der Waals surface area (Å²) < 4.78 is 0. The van der Waals surface area contributed by atoms with Gasteiger partial charge in [0.15, 0.2) is 0 Å². The Morgan fingerprint density at radius 2 is 2.05 bits per heavy atom. The molecule has 0 saturated carbocycles. The van der Waals surface area contributed by atoms with Gasteiger partial charge in [-0.3, -0.25) is 4.79 Å². The second-order valence-corrected chi connectivity index (χ2v) is 6.21. The minimum Gasteiger partial charge on any atom is -0.393 e. The molecular formula is C14H27ClN2O2. The van der Waals surface area contributed by atoms with Gasteiger partial charge in [-0.15, -0.1) is 12.4 Å². The Morgan fingerprint density at radius 3 is 2.53 bits per heavy atom. The van der Waals surface area contributed by atoms with Crippen molar-refractivity contribution in [1.29, 1.82) is 0 Å². The van der Waals surface area contributed by atoms with Crippen molar-refractivity contribution in [1.82, 2.24) is 10.2 Å². The van der Waals surface area contributed by atoms with Gasteiger partial charge in [0.05, 0.1) is 11.5 Å². The van der Waals surface area contributed by atoms with E-state index in [2.05, 4.69) is 12.2 Å². The van der Waals surface area contributed by atoms with Crippen LogP contribution < -0.4 is 5.32 Å². The van der Waals surface area contributed by atoms with Crippen molar-refractivity contribution < 1.29 is 9.90 Å². The van der Waals surface area contributed by atoms with E-state index in [0.29, 0.717) is 11.8 Å². The van der Waals surface area contributed by atoms with Crippen molar-refractivity contribution in [3.05, 3.63) is 0 Å². The Balaban J connectivity index is 0.00000180. The van der Waals surface area contributed by atoms with Crippen LogP contribution in [-0.2, 0) is 4.79 Å². The maximum absolute atomic E-state index is 12.6. The Kier molecular flexibility index (Phi) is 6.09. The second-order valence-electron chi connectivity index (χ2n) is 6.21. The first kappa shape index (κ1) is 16.7. The highest BCUT2D eigenvalue weighted by Gasteiger charge is 2.39. The van der Waals surface area contributed by atoms with Crippen molar-refractivity contribution in [3.63, 3.8) is 0 Å². The topological polar surface area (TPSA) is 52.6 Å². The van der Waals surface area contributed by atoms with Gasteiger partial charge >= 0.3 is 0 Å². The summed E-state index contributed by atoms with van der Waals surface area (Å²) in [7, 11) is 0. The van der Waals surface area contributed by atoms with E-state index in [4.69, 9.17) is 0 Å². The number of likely N-dealkylation sites (tertiary alicyclic amines) is 1. The van der Waals surface area contributed by atoms with Crippen LogP contribution in [0.1, 0.15) is 39.5 Å². The van der Waals surface area contributed by atoms with E-state index in [1.807, 2.05) is 11.8 Å². The number of nitrogens with zero attached hydrogens (tertiary/aromatic N) is 1. The van der Waals surface area contributed by atoms with Gasteiger partial charge in [-0.25, -0.2) is 0 Å². The molecule has 0 spiro atoms. The van der Waals surface area contributed by atoms with Gasteiger partial charge in [0.25, 0.3) is 0 Å². The molecule has 2 fully saturated rings. The lowest BCUT2D eigenvalue weighted by molar-refractivity contribution is -0.144. The third-order valence-corrected chi connectivity index (χ3v) is 4.62. The summed E-state index contributed by atoms with van der Waals surface area (Å²) in [5.41, 5.74) is -0.212. The predicted molar refractivity (Wildman–Crippen MR) is 78.4 cm³/mol. The number of halogens is 1. The lowest BCUT2D eigenvalue weighted by atomic mass is 9.80. The summed E-state index contributed by atoms with van der Waals surface area (Å²) in [5.74, 6) is 0.671. The first-order chi connectivity index (χ1) is 8.53. The average molecular weight is 291 g/mol. The quantitative estimate of drug-likeness (QED) is 0.809. The summed E-state index contributed by atoms with van der Waals surface area (Å²) in [6.07, 6.45) is 3.72. The molecule has 4 nitrogen and oxygen atoms in total. The Morgan fingerprint density at radius 1 is 1.42 bits per heavy atom. The van der Waals surface area contributed by atoms with Gasteiger partial charge in [-0.05, 0) is 52.0 Å². The summed E-state index contributed by atoms with van der Waals surface area (Å²) in [6, 6.07) is 0. The number of carbonyl (C=O) groups is 1. The second kappa shape index (κ2) is 6.91. The SMILES string of the molecule is CC(O)C1CCN(C(=O)C2(C)CCCNC2)CC1.Cl. The Hall–Kier alpha value is -0.320. The highest BCUT2D eigenvalue weighted by atomic mass is 35.5. The van der Waals surface area contributed by atoms with Crippen molar-refractivity contribution >= 4 is 18.3 Å². The number of amides is 1. The highest BCUT2D eigenvalue weighted by molar-refractivity contribution is 5.85. The Bertz CT molecular complexity index is 296. The molecular weight excluding hydrogens is 264 g/mol. The molecule has 1 amide bonds. The number of aliphatic hydroxyl groups is 1. The van der Waals surface area contributed by atoms with E-state index >= 15 is 0 Å². The van der Waals surface area contributed by atoms with Crippen molar-refractivity contribution in [2.75, 3.05) is 26.2 Å². The average Bonchev–Trinajstić information content (AvgIpc) is 2.39. The van der Waals surface area contributed by atoms with Crippen molar-refractivity contribution in [2.45, 2.75) is 45.6 Å². The normalized spacial score (nSPS) is 30.6. The molecule has 2 rings (SSSR count). The van der Waals surface area contributed by atoms with Crippen LogP contribution in [0.4, 0.5) is 0 Å². The molecule has 0 bridgehead atoms. The van der Waals surface area contributed by atoms with Gasteiger partial charge in [-0.2, -0.15) is 0 Å². The van der Waals surface area contributed by atoms with Gasteiger partial charge in [0.2, 0.25) is 5.91 Å². The molecule has 0 aromatic rings. The standard InChI is InChI=1S/C14H26N2O2.ClH/c1-11(17)12-4-8-16(9-5-12)13(18)14(2)6-3-7-15-10-14;/h11-12,15,17H,3-10H2,1-2H3;1H. The van der Waals surface area contributed by atoms with Crippen LogP contribution in [0.5, 0.6) is 0 Å². The molecule has 2 unspecified atom stereocenters. The lowest BCUT2D eigenvalue weighted by Gasteiger charge is -2.40. The number of carbonyl (C=O) groups excluding carboxylic acids is 1. The zero-order valence-corrected chi connectivity index (χ0v) is 12.8. The minimum absolute atomic E-state index is 0. The number of aliphatic hydroxyl groups excluding tert-OH is 1. The van der Waals surface area contributed by atoms with E-state index in [1.54, 1.807) is 0 Å². The molecule has 2 heterocycles. The molecule has 0 aromatic carbocycles. The van der Waals surface area contributed by atoms with Crippen LogP contribution in [-0.4, -0.2) is 48.2 Å². The fourth-order valence-electron chi connectivity index (χ4n) is 3.21. The first-order valence-electron chi connectivity index (χ1n) is 7.21. The molecule has 2 aliphatic rings. The largest absolute Gasteiger partial charge is 0.393 e. The predicted octanol–water partition coefficient (Wildman–Crippen LogP) is 1.42. The molecule has 112 valence electrons. The molecule has 0 radical (unpaired) electrons. The summed E-state index contributed by atoms with van der Waals surface area (Å²) >= 11 is 0. The third kappa shape index (κ3) is 3.83. The first-order valence-corrected chi connectivity index (χ1v) is 7.21. The summed E-state index contributed by atoms with van der Waals surface area (Å²) in [6.45, 7) is 7.40. The molecule has 0 aliphatic carbocycles. The zero-order chi connectivity index (χ0) is 13.2. The van der Waals surface area contributed by atoms with E-state index in [1.165, 1.54) is 0 Å². The number of nitrogens with one attached hydrogen (secondary N) is 1. The summed E-state index contributed by atoms with van der Waals surface area (Å²) in [5, 5.41) is 12.9. The van der Waals surface area contributed by atoms with Crippen LogP contribution in [0.3, 0.4) is 0 Å². The zero-order valence-electron chi connectivity index (χ0n) is 12.0. The van der Waals surface area contributed by atoms with Crippen LogP contribution in [0.2, 0.25) is 0 Å². The van der Waals surface area contributed by atoms with Crippen molar-refractivity contribution in [3.8, 4) is 0 Å². The van der Waals surface area contributed by atoms with Gasteiger partial charge in [0.1, 0.15) is 0 Å². The fraction of sp³-hybridized carbons (Fsp3) is 0.929. The Labute approximate surface area is 122 Å². The highest BCUT2D eigenvalue weighted by Crippen LogP contribution is 2.30. The van der Waals surface area contributed by atoms with E-state index in [-0.39, 0.29) is 23.9 Å². The van der Waals surface area contributed by atoms with Crippen LogP contribution >= 0.6 is 12.4 Å². The summed E-state index contributed by atoms with van der Waals surface area (Å²) in [4.78, 5) is 14.6. The van der Waals surface area contributed by atoms with Gasteiger partial charge < -0.3 is 15.3 Å². The number of rotatable bonds is 2. The molecule has 2 aliphatic heterocycles. The number of piperidine rings is 2. The fourth-order valence-corrected chi connectivity index (χ4v) is 3.21. The molecule has 2 N–H and O–H groups in total. The van der Waals surface area contributed by atoms with Crippen LogP contribution in [0.25, 0.3) is 0 Å². The maximum Gasteiger partial charge on any atom is 0.229 e. The number of hydrogen-bond donors (Lipinski definition) is 2.